The first-order valence-corrected chi connectivity index (χ1v) is 13.3. The van der Waals surface area contributed by atoms with Gasteiger partial charge in [0.2, 0.25) is 0 Å². The zero-order chi connectivity index (χ0) is 25.7. The molecule has 5 heterocycles. The van der Waals surface area contributed by atoms with Crippen molar-refractivity contribution in [3.05, 3.63) is 78.7 Å². The van der Waals surface area contributed by atoms with Crippen molar-refractivity contribution in [2.75, 3.05) is 26.3 Å². The largest absolute Gasteiger partial charge is 0.375 e. The van der Waals surface area contributed by atoms with E-state index in [0.29, 0.717) is 24.7 Å². The van der Waals surface area contributed by atoms with Gasteiger partial charge >= 0.3 is 5.69 Å². The van der Waals surface area contributed by atoms with E-state index in [0.717, 1.165) is 50.6 Å². The van der Waals surface area contributed by atoms with Crippen LogP contribution in [0.5, 0.6) is 0 Å². The number of benzene rings is 1. The summed E-state index contributed by atoms with van der Waals surface area (Å²) in [7, 11) is 1.63. The highest BCUT2D eigenvalue weighted by atomic mass is 35.5. The highest BCUT2D eigenvalue weighted by molar-refractivity contribution is 7.19. The Hall–Kier alpha value is -2.89. The fourth-order valence-corrected chi connectivity index (χ4v) is 6.46. The lowest BCUT2D eigenvalue weighted by Gasteiger charge is -2.47. The molecule has 11 heteroatoms. The Morgan fingerprint density at radius 2 is 2.08 bits per heavy atom. The van der Waals surface area contributed by atoms with Gasteiger partial charge in [0.15, 0.2) is 0 Å². The fourth-order valence-electron chi connectivity index (χ4n) is 5.08. The van der Waals surface area contributed by atoms with E-state index in [-0.39, 0.29) is 29.5 Å². The summed E-state index contributed by atoms with van der Waals surface area (Å²) in [6.07, 6.45) is 3.71. The van der Waals surface area contributed by atoms with E-state index >= 15 is 0 Å². The van der Waals surface area contributed by atoms with Gasteiger partial charge in [0, 0.05) is 54.3 Å². The number of hydrogen-bond donors (Lipinski definition) is 1. The molecular weight excluding hydrogens is 514 g/mol. The molecule has 0 amide bonds. The number of nitrogens with one attached hydrogen (secondary N) is 1. The smallest absolute Gasteiger partial charge is 0.331 e. The maximum Gasteiger partial charge on any atom is 0.331 e. The van der Waals surface area contributed by atoms with Crippen molar-refractivity contribution in [1.29, 1.82) is 0 Å². The molecule has 1 spiro atoms. The molecule has 0 bridgehead atoms. The van der Waals surface area contributed by atoms with Gasteiger partial charge < -0.3 is 19.4 Å². The van der Waals surface area contributed by atoms with Crippen LogP contribution in [0.15, 0.2) is 46.4 Å². The molecule has 2 saturated heterocycles. The molecule has 192 valence electrons. The van der Waals surface area contributed by atoms with Crippen molar-refractivity contribution in [3.8, 4) is 11.3 Å². The molecule has 37 heavy (non-hydrogen) atoms. The quantitative estimate of drug-likeness (QED) is 0.416. The number of ether oxygens (including phenoxy) is 2. The number of aromatic nitrogens is 4. The minimum Gasteiger partial charge on any atom is -0.375 e. The van der Waals surface area contributed by atoms with E-state index in [1.165, 1.54) is 32.7 Å². The molecule has 0 radical (unpaired) electrons. The summed E-state index contributed by atoms with van der Waals surface area (Å²) >= 11 is 8.01. The van der Waals surface area contributed by atoms with E-state index in [1.54, 1.807) is 13.4 Å². The molecular formula is C26H26ClN5O4S. The Bertz CT molecular complexity index is 1620. The first kappa shape index (κ1) is 24.4. The van der Waals surface area contributed by atoms with E-state index in [4.69, 9.17) is 21.1 Å². The summed E-state index contributed by atoms with van der Waals surface area (Å²) in [6.45, 7) is 5.00. The third-order valence-corrected chi connectivity index (χ3v) is 8.34. The van der Waals surface area contributed by atoms with E-state index in [2.05, 4.69) is 22.2 Å². The predicted octanol–water partition coefficient (Wildman–Crippen LogP) is 2.53. The highest BCUT2D eigenvalue weighted by Gasteiger charge is 2.44. The Labute approximate surface area is 221 Å². The van der Waals surface area contributed by atoms with Crippen molar-refractivity contribution < 1.29 is 9.47 Å². The number of rotatable bonds is 5. The number of halogens is 1. The first-order chi connectivity index (χ1) is 17.8. The Morgan fingerprint density at radius 3 is 2.86 bits per heavy atom. The second-order valence-corrected chi connectivity index (χ2v) is 11.4. The van der Waals surface area contributed by atoms with E-state index in [1.807, 2.05) is 18.2 Å². The zero-order valence-electron chi connectivity index (χ0n) is 20.5. The minimum atomic E-state index is -0.361. The maximum atomic E-state index is 12.5. The van der Waals surface area contributed by atoms with Gasteiger partial charge in [0.1, 0.15) is 11.9 Å². The average molecular weight is 540 g/mol. The molecule has 0 aliphatic carbocycles. The van der Waals surface area contributed by atoms with Gasteiger partial charge in [-0.15, -0.1) is 11.3 Å². The first-order valence-electron chi connectivity index (χ1n) is 12.1. The third kappa shape index (κ3) is 4.53. The van der Waals surface area contributed by atoms with Gasteiger partial charge in [0.05, 0.1) is 41.8 Å². The fraction of sp³-hybridized carbons (Fsp3) is 0.385. The summed E-state index contributed by atoms with van der Waals surface area (Å²) < 4.78 is 15.4. The van der Waals surface area contributed by atoms with Crippen molar-refractivity contribution in [2.24, 2.45) is 7.05 Å². The van der Waals surface area contributed by atoms with Gasteiger partial charge in [-0.3, -0.25) is 9.36 Å². The van der Waals surface area contributed by atoms with Gasteiger partial charge in [0.25, 0.3) is 5.56 Å². The van der Waals surface area contributed by atoms with Gasteiger partial charge in [-0.1, -0.05) is 11.6 Å². The Morgan fingerprint density at radius 1 is 1.24 bits per heavy atom. The van der Waals surface area contributed by atoms with Crippen LogP contribution in [-0.2, 0) is 29.5 Å². The van der Waals surface area contributed by atoms with E-state index in [9.17, 15) is 9.59 Å². The van der Waals surface area contributed by atoms with E-state index < -0.39 is 0 Å². The molecule has 4 aromatic rings. The molecule has 1 unspecified atom stereocenters. The molecule has 0 saturated carbocycles. The van der Waals surface area contributed by atoms with Crippen LogP contribution in [-0.4, -0.2) is 57.1 Å². The minimum absolute atomic E-state index is 0.00586. The highest BCUT2D eigenvalue weighted by Crippen LogP contribution is 2.38. The molecule has 6 rings (SSSR count). The molecule has 1 N–H and O–H groups in total. The van der Waals surface area contributed by atoms with Crippen LogP contribution in [0.2, 0.25) is 5.02 Å². The third-order valence-electron chi connectivity index (χ3n) is 7.01. The van der Waals surface area contributed by atoms with Crippen molar-refractivity contribution >= 4 is 33.2 Å². The number of morpholine rings is 1. The van der Waals surface area contributed by atoms with Crippen LogP contribution in [0.1, 0.15) is 16.0 Å². The Balaban J connectivity index is 1.39. The lowest BCUT2D eigenvalue weighted by atomic mass is 9.92. The standard InChI is InChI=1S/C26H26ClN5O4S/c1-15-5-16(27)6-20(19(15)7-17-9-28-11-26(36-17)12-35-13-26)23-24-21(29-14-30-23)8-18(37-24)10-32-22(33)3-4-31(2)25(32)34/h3-6,8,14,17,28H,7,9-13H2,1-2H3. The van der Waals surface area contributed by atoms with Crippen molar-refractivity contribution in [2.45, 2.75) is 31.6 Å². The average Bonchev–Trinajstić information content (AvgIpc) is 3.28. The number of fused-ring (bicyclic) bond motifs is 1. The van der Waals surface area contributed by atoms with Crippen molar-refractivity contribution in [1.82, 2.24) is 24.4 Å². The number of aryl methyl sites for hydroxylation is 2. The molecule has 2 fully saturated rings. The summed E-state index contributed by atoms with van der Waals surface area (Å²) in [6, 6.07) is 7.22. The lowest BCUT2D eigenvalue weighted by molar-refractivity contribution is -0.240. The van der Waals surface area contributed by atoms with Crippen molar-refractivity contribution in [3.63, 3.8) is 0 Å². The summed E-state index contributed by atoms with van der Waals surface area (Å²) in [4.78, 5) is 34.9. The second kappa shape index (κ2) is 9.45. The van der Waals surface area contributed by atoms with Crippen LogP contribution >= 0.6 is 22.9 Å². The van der Waals surface area contributed by atoms with Gasteiger partial charge in [-0.05, 0) is 36.2 Å². The summed E-state index contributed by atoms with van der Waals surface area (Å²) in [5.41, 5.74) is 3.73. The van der Waals surface area contributed by atoms with Gasteiger partial charge in [-0.25, -0.2) is 14.8 Å². The van der Waals surface area contributed by atoms with Crippen LogP contribution in [0.4, 0.5) is 0 Å². The molecule has 2 aliphatic heterocycles. The predicted molar refractivity (Wildman–Crippen MR) is 143 cm³/mol. The maximum absolute atomic E-state index is 12.5. The monoisotopic (exact) mass is 539 g/mol. The lowest BCUT2D eigenvalue weighted by Crippen LogP contribution is -2.64. The number of nitrogens with zero attached hydrogens (tertiary/aromatic N) is 4. The van der Waals surface area contributed by atoms with Crippen LogP contribution < -0.4 is 16.6 Å². The zero-order valence-corrected chi connectivity index (χ0v) is 22.1. The molecule has 1 atom stereocenters. The number of hydrogen-bond acceptors (Lipinski definition) is 8. The molecule has 3 aromatic heterocycles. The SMILES string of the molecule is Cc1cc(Cl)cc(-c2ncnc3cc(Cn4c(=O)ccn(C)c4=O)sc23)c1CC1CNCC2(COC2)O1. The Kier molecular flexibility index (Phi) is 6.24. The van der Waals surface area contributed by atoms with Crippen LogP contribution in [0.25, 0.3) is 21.5 Å². The van der Waals surface area contributed by atoms with Crippen LogP contribution in [0, 0.1) is 6.92 Å². The molecule has 9 nitrogen and oxygen atoms in total. The summed E-state index contributed by atoms with van der Waals surface area (Å²) in [5.74, 6) is 0. The van der Waals surface area contributed by atoms with Crippen LogP contribution in [0.3, 0.4) is 0 Å². The number of thiophene rings is 1. The summed E-state index contributed by atoms with van der Waals surface area (Å²) in [5, 5.41) is 4.13. The normalized spacial score (nSPS) is 18.8. The second-order valence-electron chi connectivity index (χ2n) is 9.78. The molecule has 2 aliphatic rings. The topological polar surface area (TPSA) is 100 Å². The molecule has 1 aromatic carbocycles. The van der Waals surface area contributed by atoms with Gasteiger partial charge in [-0.2, -0.15) is 0 Å².